The molecule has 4 rings (SSSR count). The standard InChI is InChI=1S/C24H39N3O5S2/c1-32-21-9-10-22-19(16-21)11-14-26-18-20-8-7-13-27(23(20)17-24(22)26)34(30,31)15-6-4-3-5-12-25-33(2,28)29/h9-10,16,20,23-25H,3-8,11-15,17-18H2,1-2H3/t20-,23+,24-/m0/s1. The van der Waals surface area contributed by atoms with Crippen molar-refractivity contribution in [2.75, 3.05) is 45.3 Å². The highest BCUT2D eigenvalue weighted by Gasteiger charge is 2.45. The van der Waals surface area contributed by atoms with E-state index in [1.807, 2.05) is 10.4 Å². The molecule has 0 radical (unpaired) electrons. The van der Waals surface area contributed by atoms with Crippen LogP contribution in [0.3, 0.4) is 0 Å². The second kappa shape index (κ2) is 10.8. The van der Waals surface area contributed by atoms with Crippen LogP contribution in [0, 0.1) is 5.92 Å². The van der Waals surface area contributed by atoms with Crippen molar-refractivity contribution < 1.29 is 21.6 Å². The van der Waals surface area contributed by atoms with Gasteiger partial charge in [0.05, 0.1) is 19.1 Å². The van der Waals surface area contributed by atoms with Crippen molar-refractivity contribution >= 4 is 20.0 Å². The first-order valence-corrected chi connectivity index (χ1v) is 16.0. The first-order chi connectivity index (χ1) is 16.2. The maximum Gasteiger partial charge on any atom is 0.214 e. The third kappa shape index (κ3) is 6.13. The largest absolute Gasteiger partial charge is 0.497 e. The van der Waals surface area contributed by atoms with Crippen LogP contribution in [0.4, 0.5) is 0 Å². The molecule has 3 atom stereocenters. The SMILES string of the molecule is COc1ccc2c(c1)CCN1C[C@@H]3CCCN(S(=O)(=O)CCCCCCNS(C)(=O)=O)[C@@H]3C[C@@H]21. The number of nitrogens with zero attached hydrogens (tertiary/aromatic N) is 2. The third-order valence-corrected chi connectivity index (χ3v) is 10.4. The molecular formula is C24H39N3O5S2. The Kier molecular flexibility index (Phi) is 8.24. The maximum atomic E-state index is 13.4. The average molecular weight is 514 g/mol. The van der Waals surface area contributed by atoms with Crippen LogP contribution in [0.5, 0.6) is 5.75 Å². The van der Waals surface area contributed by atoms with Crippen LogP contribution in [-0.4, -0.2) is 77.4 Å². The highest BCUT2D eigenvalue weighted by atomic mass is 32.2. The molecule has 1 N–H and O–H groups in total. The highest BCUT2D eigenvalue weighted by molar-refractivity contribution is 7.89. The van der Waals surface area contributed by atoms with Gasteiger partial charge in [0, 0.05) is 38.3 Å². The summed E-state index contributed by atoms with van der Waals surface area (Å²) in [4.78, 5) is 2.57. The lowest BCUT2D eigenvalue weighted by molar-refractivity contribution is 0.0219. The molecule has 0 bridgehead atoms. The second-order valence-electron chi connectivity index (χ2n) is 10.0. The molecule has 3 heterocycles. The van der Waals surface area contributed by atoms with E-state index in [1.54, 1.807) is 7.11 Å². The van der Waals surface area contributed by atoms with Crippen LogP contribution in [0.2, 0.25) is 0 Å². The molecule has 3 aliphatic rings. The average Bonchev–Trinajstić information content (AvgIpc) is 2.80. The highest BCUT2D eigenvalue weighted by Crippen LogP contribution is 2.44. The minimum Gasteiger partial charge on any atom is -0.497 e. The van der Waals surface area contributed by atoms with Crippen molar-refractivity contribution in [3.8, 4) is 5.75 Å². The molecule has 8 nitrogen and oxygen atoms in total. The zero-order chi connectivity index (χ0) is 24.3. The van der Waals surface area contributed by atoms with Crippen LogP contribution in [0.1, 0.15) is 62.1 Å². The van der Waals surface area contributed by atoms with Gasteiger partial charge in [-0.2, -0.15) is 4.31 Å². The Labute approximate surface area is 205 Å². The number of hydrogen-bond donors (Lipinski definition) is 1. The van der Waals surface area contributed by atoms with Crippen molar-refractivity contribution in [1.29, 1.82) is 0 Å². The Hall–Kier alpha value is -1.20. The van der Waals surface area contributed by atoms with E-state index in [2.05, 4.69) is 21.8 Å². The lowest BCUT2D eigenvalue weighted by atomic mass is 9.77. The summed E-state index contributed by atoms with van der Waals surface area (Å²) in [5.41, 5.74) is 2.66. The van der Waals surface area contributed by atoms with Gasteiger partial charge in [-0.15, -0.1) is 0 Å². The normalized spacial score (nSPS) is 25.9. The van der Waals surface area contributed by atoms with E-state index < -0.39 is 20.0 Å². The minimum absolute atomic E-state index is 0.0759. The predicted octanol–water partition coefficient (Wildman–Crippen LogP) is 2.52. The van der Waals surface area contributed by atoms with E-state index in [9.17, 15) is 16.8 Å². The van der Waals surface area contributed by atoms with E-state index in [0.717, 1.165) is 70.0 Å². The topological polar surface area (TPSA) is 96.0 Å². The fourth-order valence-corrected chi connectivity index (χ4v) is 8.40. The lowest BCUT2D eigenvalue weighted by Gasteiger charge is -2.51. The van der Waals surface area contributed by atoms with Crippen molar-refractivity contribution in [1.82, 2.24) is 13.9 Å². The van der Waals surface area contributed by atoms with Gasteiger partial charge in [-0.25, -0.2) is 21.6 Å². The Balaban J connectivity index is 1.36. The van der Waals surface area contributed by atoms with Crippen LogP contribution < -0.4 is 9.46 Å². The summed E-state index contributed by atoms with van der Waals surface area (Å²) < 4.78 is 58.7. The predicted molar refractivity (Wildman–Crippen MR) is 134 cm³/mol. The first-order valence-electron chi connectivity index (χ1n) is 12.5. The van der Waals surface area contributed by atoms with Gasteiger partial charge >= 0.3 is 0 Å². The third-order valence-electron chi connectivity index (χ3n) is 7.67. The summed E-state index contributed by atoms with van der Waals surface area (Å²) in [5, 5.41) is 0. The summed E-state index contributed by atoms with van der Waals surface area (Å²) in [6, 6.07) is 6.68. The number of sulfonamides is 2. The molecule has 0 amide bonds. The van der Waals surface area contributed by atoms with Gasteiger partial charge in [-0.1, -0.05) is 18.9 Å². The van der Waals surface area contributed by atoms with E-state index in [0.29, 0.717) is 25.4 Å². The molecule has 192 valence electrons. The fraction of sp³-hybridized carbons (Fsp3) is 0.750. The van der Waals surface area contributed by atoms with Gasteiger partial charge in [0.2, 0.25) is 20.0 Å². The van der Waals surface area contributed by atoms with Gasteiger partial charge in [-0.05, 0) is 67.7 Å². The molecule has 10 heteroatoms. The van der Waals surface area contributed by atoms with Gasteiger partial charge < -0.3 is 4.74 Å². The number of ether oxygens (including phenoxy) is 1. The van der Waals surface area contributed by atoms with E-state index in [4.69, 9.17) is 4.74 Å². The number of fused-ring (bicyclic) bond motifs is 4. The zero-order valence-electron chi connectivity index (χ0n) is 20.4. The minimum atomic E-state index is -3.31. The summed E-state index contributed by atoms with van der Waals surface area (Å²) in [6.45, 7) is 3.03. The van der Waals surface area contributed by atoms with E-state index >= 15 is 0 Å². The van der Waals surface area contributed by atoms with Crippen LogP contribution in [0.25, 0.3) is 0 Å². The van der Waals surface area contributed by atoms with Crippen LogP contribution >= 0.6 is 0 Å². The fourth-order valence-electron chi connectivity index (χ4n) is 6.00. The summed E-state index contributed by atoms with van der Waals surface area (Å²) in [7, 11) is -4.78. The van der Waals surface area contributed by atoms with E-state index in [1.165, 1.54) is 11.1 Å². The van der Waals surface area contributed by atoms with Gasteiger partial charge in [0.1, 0.15) is 5.75 Å². The van der Waals surface area contributed by atoms with Crippen LogP contribution in [-0.2, 0) is 26.5 Å². The number of unbranched alkanes of at least 4 members (excludes halogenated alkanes) is 3. The summed E-state index contributed by atoms with van der Waals surface area (Å²) in [5.74, 6) is 1.47. The van der Waals surface area contributed by atoms with E-state index in [-0.39, 0.29) is 17.8 Å². The quantitative estimate of drug-likeness (QED) is 0.483. The molecule has 0 aliphatic carbocycles. The van der Waals surface area contributed by atoms with Gasteiger partial charge in [-0.3, -0.25) is 4.90 Å². The number of methoxy groups -OCH3 is 1. The lowest BCUT2D eigenvalue weighted by Crippen LogP contribution is -2.57. The smallest absolute Gasteiger partial charge is 0.214 e. The molecule has 0 aromatic heterocycles. The Morgan fingerprint density at radius 2 is 1.88 bits per heavy atom. The molecule has 34 heavy (non-hydrogen) atoms. The molecule has 0 unspecified atom stereocenters. The zero-order valence-corrected chi connectivity index (χ0v) is 22.0. The number of rotatable bonds is 10. The molecule has 1 aromatic rings. The van der Waals surface area contributed by atoms with Crippen molar-refractivity contribution in [3.05, 3.63) is 29.3 Å². The number of benzene rings is 1. The number of nitrogens with one attached hydrogen (secondary N) is 1. The van der Waals surface area contributed by atoms with Gasteiger partial charge in [0.15, 0.2) is 0 Å². The number of hydrogen-bond acceptors (Lipinski definition) is 6. The molecule has 3 aliphatic heterocycles. The summed E-state index contributed by atoms with van der Waals surface area (Å²) >= 11 is 0. The molecule has 2 fully saturated rings. The summed E-state index contributed by atoms with van der Waals surface area (Å²) in [6.07, 6.45) is 8.02. The Morgan fingerprint density at radius 3 is 2.65 bits per heavy atom. The molecule has 0 saturated carbocycles. The number of piperidine rings is 2. The Bertz CT molecular complexity index is 1060. The maximum absolute atomic E-state index is 13.4. The van der Waals surface area contributed by atoms with Crippen molar-refractivity contribution in [2.45, 2.75) is 63.5 Å². The van der Waals surface area contributed by atoms with Crippen molar-refractivity contribution in [3.63, 3.8) is 0 Å². The molecular weight excluding hydrogens is 474 g/mol. The Morgan fingerprint density at radius 1 is 1.09 bits per heavy atom. The monoisotopic (exact) mass is 513 g/mol. The van der Waals surface area contributed by atoms with Crippen LogP contribution in [0.15, 0.2) is 18.2 Å². The first kappa shape index (κ1) is 25.9. The second-order valence-corrected chi connectivity index (χ2v) is 13.9. The molecule has 2 saturated heterocycles. The van der Waals surface area contributed by atoms with Crippen molar-refractivity contribution in [2.24, 2.45) is 5.92 Å². The molecule has 0 spiro atoms. The van der Waals surface area contributed by atoms with Gasteiger partial charge in [0.25, 0.3) is 0 Å². The molecule has 1 aromatic carbocycles.